The Labute approximate surface area is 244 Å². The van der Waals surface area contributed by atoms with Gasteiger partial charge in [0.1, 0.15) is 0 Å². The number of aliphatic hydroxyl groups excluding tert-OH is 1. The monoisotopic (exact) mass is 554 g/mol. The molecule has 0 aromatic carbocycles. The van der Waals surface area contributed by atoms with E-state index in [1.165, 1.54) is 18.4 Å². The summed E-state index contributed by atoms with van der Waals surface area (Å²) in [5.41, 5.74) is 0.576. The van der Waals surface area contributed by atoms with E-state index in [0.29, 0.717) is 18.3 Å². The third kappa shape index (κ3) is 4.22. The first kappa shape index (κ1) is 30.3. The second-order valence-corrected chi connectivity index (χ2v) is 16.8. The number of carbonyl (C=O) groups excluding carboxylic acids is 2. The van der Waals surface area contributed by atoms with Crippen molar-refractivity contribution in [3.8, 4) is 0 Å². The molecule has 4 saturated carbocycles. The van der Waals surface area contributed by atoms with Gasteiger partial charge in [0.15, 0.2) is 5.78 Å². The molecule has 4 fully saturated rings. The summed E-state index contributed by atoms with van der Waals surface area (Å²) in [4.78, 5) is 27.9. The summed E-state index contributed by atoms with van der Waals surface area (Å²) < 4.78 is 5.89. The van der Waals surface area contributed by atoms with E-state index < -0.39 is 5.41 Å². The second kappa shape index (κ2) is 9.95. The number of fused-ring (bicyclic) bond motifs is 7. The highest BCUT2D eigenvalue weighted by molar-refractivity contribution is 5.95. The average molecular weight is 555 g/mol. The number of hydrogen-bond donors (Lipinski definition) is 1. The largest absolute Gasteiger partial charge is 0.465 e. The molecule has 0 heterocycles. The molecule has 0 aromatic rings. The van der Waals surface area contributed by atoms with Crippen LogP contribution in [0.15, 0.2) is 11.6 Å². The molecular weight excluding hydrogens is 496 g/mol. The first-order valence-corrected chi connectivity index (χ1v) is 16.7. The van der Waals surface area contributed by atoms with Crippen LogP contribution in [0.1, 0.15) is 139 Å². The van der Waals surface area contributed by atoms with Crippen molar-refractivity contribution in [2.45, 2.75) is 145 Å². The summed E-state index contributed by atoms with van der Waals surface area (Å²) in [6.07, 6.45) is 15.0. The maximum absolute atomic E-state index is 14.5. The first-order valence-electron chi connectivity index (χ1n) is 16.7. The topological polar surface area (TPSA) is 63.6 Å². The maximum Gasteiger partial charge on any atom is 0.311 e. The number of hydrogen-bond acceptors (Lipinski definition) is 4. The van der Waals surface area contributed by atoms with Crippen LogP contribution in [0.4, 0.5) is 0 Å². The van der Waals surface area contributed by atoms with Crippen molar-refractivity contribution in [1.82, 2.24) is 0 Å². The lowest BCUT2D eigenvalue weighted by molar-refractivity contribution is -0.202. The molecule has 0 bridgehead atoms. The number of unbranched alkanes of at least 4 members (excludes halogenated alkanes) is 3. The predicted molar refractivity (Wildman–Crippen MR) is 161 cm³/mol. The number of ketones is 1. The minimum Gasteiger partial charge on any atom is -0.465 e. The summed E-state index contributed by atoms with van der Waals surface area (Å²) in [6, 6.07) is 0. The third-order valence-corrected chi connectivity index (χ3v) is 14.3. The van der Waals surface area contributed by atoms with Crippen LogP contribution in [0.5, 0.6) is 0 Å². The van der Waals surface area contributed by atoms with E-state index >= 15 is 0 Å². The van der Waals surface area contributed by atoms with Gasteiger partial charge in [0.25, 0.3) is 0 Å². The molecule has 9 atom stereocenters. The number of ether oxygens (including phenoxy) is 1. The normalized spacial score (nSPS) is 47.7. The van der Waals surface area contributed by atoms with E-state index in [1.54, 1.807) is 0 Å². The Balaban J connectivity index is 1.47. The Kier molecular flexibility index (Phi) is 7.54. The minimum atomic E-state index is -0.484. The highest BCUT2D eigenvalue weighted by atomic mass is 16.5. The molecule has 5 aliphatic carbocycles. The SMILES string of the molecule is CCCCCCOC(=O)[C@@]1(C)CC[C@]2(C)CC[C@]3(C)C(=CC(=O)[C@@H]4[C@@]5(C)CC[C@H](O)C(C)(C)[C@@H]5CC[C@]43C)[C@H]2C1. The molecule has 4 nitrogen and oxygen atoms in total. The smallest absolute Gasteiger partial charge is 0.311 e. The molecule has 0 spiro atoms. The van der Waals surface area contributed by atoms with Crippen LogP contribution < -0.4 is 0 Å². The van der Waals surface area contributed by atoms with Gasteiger partial charge in [-0.05, 0) is 116 Å². The van der Waals surface area contributed by atoms with Crippen LogP contribution in [0.25, 0.3) is 0 Å². The first-order chi connectivity index (χ1) is 18.6. The van der Waals surface area contributed by atoms with E-state index in [0.717, 1.165) is 70.6 Å². The van der Waals surface area contributed by atoms with Gasteiger partial charge in [-0.1, -0.05) is 73.3 Å². The zero-order valence-electron chi connectivity index (χ0n) is 27.0. The third-order valence-electron chi connectivity index (χ3n) is 14.3. The van der Waals surface area contributed by atoms with Gasteiger partial charge in [0.05, 0.1) is 18.1 Å². The van der Waals surface area contributed by atoms with Crippen LogP contribution in [0.3, 0.4) is 0 Å². The molecule has 0 aromatic heterocycles. The fourth-order valence-electron chi connectivity index (χ4n) is 11.2. The Hall–Kier alpha value is -1.16. The van der Waals surface area contributed by atoms with Crippen molar-refractivity contribution in [3.63, 3.8) is 0 Å². The van der Waals surface area contributed by atoms with Crippen LogP contribution in [-0.2, 0) is 14.3 Å². The van der Waals surface area contributed by atoms with E-state index in [-0.39, 0.29) is 51.0 Å². The molecule has 0 unspecified atom stereocenters. The summed E-state index contributed by atoms with van der Waals surface area (Å²) in [5.74, 6) is 0.884. The number of allylic oxidation sites excluding steroid dienone is 2. The Morgan fingerprint density at radius 1 is 0.925 bits per heavy atom. The zero-order valence-corrected chi connectivity index (χ0v) is 27.0. The molecule has 1 N–H and O–H groups in total. The molecule has 5 rings (SSSR count). The molecular formula is C36H58O4. The van der Waals surface area contributed by atoms with Gasteiger partial charge in [-0.2, -0.15) is 0 Å². The van der Waals surface area contributed by atoms with E-state index in [4.69, 9.17) is 4.74 Å². The molecule has 0 aliphatic heterocycles. The van der Waals surface area contributed by atoms with Gasteiger partial charge in [0, 0.05) is 5.92 Å². The van der Waals surface area contributed by atoms with Crippen LogP contribution in [0, 0.1) is 50.2 Å². The molecule has 5 aliphatic rings. The fourth-order valence-corrected chi connectivity index (χ4v) is 11.2. The van der Waals surface area contributed by atoms with Crippen molar-refractivity contribution < 1.29 is 19.4 Å². The fraction of sp³-hybridized carbons (Fsp3) is 0.889. The highest BCUT2D eigenvalue weighted by Crippen LogP contribution is 2.75. The van der Waals surface area contributed by atoms with Crippen molar-refractivity contribution >= 4 is 11.8 Å². The lowest BCUT2D eigenvalue weighted by atomic mass is 9.33. The molecule has 4 heteroatoms. The van der Waals surface area contributed by atoms with E-state index in [2.05, 4.69) is 61.5 Å². The van der Waals surface area contributed by atoms with Crippen LogP contribution in [0.2, 0.25) is 0 Å². The average Bonchev–Trinajstić information content (AvgIpc) is 2.88. The van der Waals surface area contributed by atoms with Gasteiger partial charge in [-0.25, -0.2) is 0 Å². The van der Waals surface area contributed by atoms with Gasteiger partial charge >= 0.3 is 5.97 Å². The zero-order chi connectivity index (χ0) is 29.4. The molecule has 0 amide bonds. The van der Waals surface area contributed by atoms with Crippen LogP contribution >= 0.6 is 0 Å². The van der Waals surface area contributed by atoms with Crippen molar-refractivity contribution in [2.75, 3.05) is 6.61 Å². The van der Waals surface area contributed by atoms with E-state index in [9.17, 15) is 14.7 Å². The molecule has 0 saturated heterocycles. The van der Waals surface area contributed by atoms with Gasteiger partial charge in [-0.15, -0.1) is 0 Å². The van der Waals surface area contributed by atoms with Gasteiger partial charge < -0.3 is 9.84 Å². The number of esters is 1. The van der Waals surface area contributed by atoms with Gasteiger partial charge in [-0.3, -0.25) is 9.59 Å². The van der Waals surface area contributed by atoms with Crippen molar-refractivity contribution in [2.24, 2.45) is 50.2 Å². The summed E-state index contributed by atoms with van der Waals surface area (Å²) in [7, 11) is 0. The Morgan fingerprint density at radius 3 is 2.33 bits per heavy atom. The predicted octanol–water partition coefficient (Wildman–Crippen LogP) is 8.45. The van der Waals surface area contributed by atoms with Crippen LogP contribution in [-0.4, -0.2) is 29.6 Å². The standard InChI is InChI=1S/C36H58O4/c1-9-10-11-12-21-40-30(39)33(5)18-17-32(4)19-20-35(7)24(25(32)23-33)22-26(37)29-34(6)15-14-28(38)31(2,3)27(34)13-16-36(29,35)8/h22,25,27-29,38H,9-21,23H2,1-8H3/t25-,27+,28+,29-,32-,33+,34+,35-,36-/m1/s1. The summed E-state index contributed by atoms with van der Waals surface area (Å²) in [5, 5.41) is 11.0. The molecule has 226 valence electrons. The number of carbonyl (C=O) groups is 2. The summed E-state index contributed by atoms with van der Waals surface area (Å²) in [6.45, 7) is 19.0. The lowest BCUT2D eigenvalue weighted by Crippen LogP contribution is -2.66. The highest BCUT2D eigenvalue weighted by Gasteiger charge is 2.70. The Morgan fingerprint density at radius 2 is 1.62 bits per heavy atom. The lowest BCUT2D eigenvalue weighted by Gasteiger charge is -2.70. The van der Waals surface area contributed by atoms with Crippen molar-refractivity contribution in [3.05, 3.63) is 11.6 Å². The van der Waals surface area contributed by atoms with Gasteiger partial charge in [0.2, 0.25) is 0 Å². The minimum absolute atomic E-state index is 0.00769. The van der Waals surface area contributed by atoms with Crippen molar-refractivity contribution in [1.29, 1.82) is 0 Å². The van der Waals surface area contributed by atoms with E-state index in [1.807, 2.05) is 0 Å². The second-order valence-electron chi connectivity index (χ2n) is 16.8. The number of rotatable bonds is 6. The Bertz CT molecular complexity index is 1060. The molecule has 40 heavy (non-hydrogen) atoms. The summed E-state index contributed by atoms with van der Waals surface area (Å²) >= 11 is 0. The molecule has 0 radical (unpaired) electrons. The maximum atomic E-state index is 14.5. The number of aliphatic hydroxyl groups is 1. The quantitative estimate of drug-likeness (QED) is 0.264.